The first-order valence-corrected chi connectivity index (χ1v) is 6.23. The quantitative estimate of drug-likeness (QED) is 0.751. The lowest BCUT2D eigenvalue weighted by Crippen LogP contribution is -2.50. The van der Waals surface area contributed by atoms with E-state index in [2.05, 4.69) is 11.9 Å². The van der Waals surface area contributed by atoms with Gasteiger partial charge in [-0.3, -0.25) is 9.59 Å². The summed E-state index contributed by atoms with van der Waals surface area (Å²) in [7, 11) is 0. The highest BCUT2D eigenvalue weighted by molar-refractivity contribution is 5.90. The van der Waals surface area contributed by atoms with Crippen LogP contribution in [0.4, 0.5) is 0 Å². The van der Waals surface area contributed by atoms with Crippen LogP contribution in [0.15, 0.2) is 12.7 Å². The molecule has 1 saturated heterocycles. The minimum Gasteiger partial charge on any atom is -0.344 e. The van der Waals surface area contributed by atoms with Gasteiger partial charge < -0.3 is 10.2 Å². The van der Waals surface area contributed by atoms with Crippen LogP contribution in [0.2, 0.25) is 0 Å². The van der Waals surface area contributed by atoms with Crippen LogP contribution in [0.25, 0.3) is 0 Å². The summed E-state index contributed by atoms with van der Waals surface area (Å²) in [4.78, 5) is 25.7. The molecule has 4 nitrogen and oxygen atoms in total. The molecule has 0 saturated carbocycles. The van der Waals surface area contributed by atoms with Crippen molar-refractivity contribution in [3.63, 3.8) is 0 Å². The van der Waals surface area contributed by atoms with Crippen LogP contribution in [0, 0.1) is 5.92 Å². The van der Waals surface area contributed by atoms with Gasteiger partial charge in [0.15, 0.2) is 0 Å². The van der Waals surface area contributed by atoms with Crippen LogP contribution >= 0.6 is 0 Å². The van der Waals surface area contributed by atoms with E-state index in [0.29, 0.717) is 13.0 Å². The maximum Gasteiger partial charge on any atom is 0.245 e. The first kappa shape index (κ1) is 13.7. The van der Waals surface area contributed by atoms with Crippen LogP contribution in [-0.4, -0.2) is 35.3 Å². The molecule has 1 aliphatic heterocycles. The Balaban J connectivity index is 2.92. The van der Waals surface area contributed by atoms with Crippen LogP contribution in [0.1, 0.15) is 33.6 Å². The Labute approximate surface area is 103 Å². The summed E-state index contributed by atoms with van der Waals surface area (Å²) < 4.78 is 0. The van der Waals surface area contributed by atoms with Gasteiger partial charge in [-0.2, -0.15) is 0 Å². The van der Waals surface area contributed by atoms with Crippen molar-refractivity contribution in [2.75, 3.05) is 6.54 Å². The standard InChI is InChI=1S/C13H22N2O2/c1-5-9(3)12-13(17)15(10(4)6-2)8-7-11(16)14-12/h6,9-10,12H,2,5,7-8H2,1,3-4H3,(H,14,16). The van der Waals surface area contributed by atoms with Gasteiger partial charge in [-0.25, -0.2) is 0 Å². The van der Waals surface area contributed by atoms with Crippen molar-refractivity contribution in [2.24, 2.45) is 5.92 Å². The Bertz CT molecular complexity index is 315. The van der Waals surface area contributed by atoms with Gasteiger partial charge in [-0.05, 0) is 12.8 Å². The van der Waals surface area contributed by atoms with E-state index in [4.69, 9.17) is 0 Å². The van der Waals surface area contributed by atoms with E-state index in [1.165, 1.54) is 0 Å². The van der Waals surface area contributed by atoms with E-state index in [9.17, 15) is 9.59 Å². The maximum absolute atomic E-state index is 12.4. The molecule has 1 rings (SSSR count). The van der Waals surface area contributed by atoms with Gasteiger partial charge in [0.2, 0.25) is 11.8 Å². The molecule has 4 heteroatoms. The first-order chi connectivity index (χ1) is 8.01. The number of hydrogen-bond donors (Lipinski definition) is 1. The predicted molar refractivity (Wildman–Crippen MR) is 67.4 cm³/mol. The molecule has 3 unspecified atom stereocenters. The average molecular weight is 238 g/mol. The van der Waals surface area contributed by atoms with E-state index < -0.39 is 6.04 Å². The fraction of sp³-hybridized carbons (Fsp3) is 0.692. The van der Waals surface area contributed by atoms with Crippen LogP contribution in [-0.2, 0) is 9.59 Å². The number of nitrogens with zero attached hydrogens (tertiary/aromatic N) is 1. The third kappa shape index (κ3) is 3.08. The highest BCUT2D eigenvalue weighted by atomic mass is 16.2. The molecular formula is C13H22N2O2. The fourth-order valence-electron chi connectivity index (χ4n) is 1.97. The monoisotopic (exact) mass is 238 g/mol. The van der Waals surface area contributed by atoms with Gasteiger partial charge in [0.1, 0.15) is 6.04 Å². The summed E-state index contributed by atoms with van der Waals surface area (Å²) in [5.41, 5.74) is 0. The summed E-state index contributed by atoms with van der Waals surface area (Å²) in [5, 5.41) is 2.82. The molecule has 17 heavy (non-hydrogen) atoms. The molecule has 0 bridgehead atoms. The molecule has 0 aromatic heterocycles. The smallest absolute Gasteiger partial charge is 0.245 e. The summed E-state index contributed by atoms with van der Waals surface area (Å²) in [5.74, 6) is 0.129. The Hall–Kier alpha value is -1.32. The highest BCUT2D eigenvalue weighted by Gasteiger charge is 2.34. The molecule has 0 radical (unpaired) electrons. The zero-order valence-corrected chi connectivity index (χ0v) is 10.9. The SMILES string of the molecule is C=CC(C)N1CCC(=O)NC(C(C)CC)C1=O. The summed E-state index contributed by atoms with van der Waals surface area (Å²) in [6, 6.07) is -0.417. The molecule has 0 aromatic carbocycles. The van der Waals surface area contributed by atoms with Crippen LogP contribution < -0.4 is 5.32 Å². The molecule has 96 valence electrons. The molecule has 1 heterocycles. The summed E-state index contributed by atoms with van der Waals surface area (Å²) in [6.07, 6.45) is 2.98. The molecule has 1 N–H and O–H groups in total. The van der Waals surface area contributed by atoms with E-state index in [1.54, 1.807) is 11.0 Å². The zero-order valence-electron chi connectivity index (χ0n) is 10.9. The highest BCUT2D eigenvalue weighted by Crippen LogP contribution is 2.16. The molecular weight excluding hydrogens is 216 g/mol. The third-order valence-electron chi connectivity index (χ3n) is 3.49. The third-order valence-corrected chi connectivity index (χ3v) is 3.49. The van der Waals surface area contributed by atoms with Crippen molar-refractivity contribution in [1.82, 2.24) is 10.2 Å². The van der Waals surface area contributed by atoms with Gasteiger partial charge in [0, 0.05) is 19.0 Å². The van der Waals surface area contributed by atoms with E-state index in [-0.39, 0.29) is 23.8 Å². The number of hydrogen-bond acceptors (Lipinski definition) is 2. The first-order valence-electron chi connectivity index (χ1n) is 6.23. The Morgan fingerprint density at radius 2 is 2.18 bits per heavy atom. The van der Waals surface area contributed by atoms with Crippen molar-refractivity contribution in [3.05, 3.63) is 12.7 Å². The lowest BCUT2D eigenvalue weighted by atomic mass is 9.97. The predicted octanol–water partition coefficient (Wildman–Crippen LogP) is 1.32. The number of nitrogens with one attached hydrogen (secondary N) is 1. The molecule has 0 aliphatic carbocycles. The van der Waals surface area contributed by atoms with Crippen molar-refractivity contribution >= 4 is 11.8 Å². The van der Waals surface area contributed by atoms with Crippen LogP contribution in [0.5, 0.6) is 0 Å². The van der Waals surface area contributed by atoms with Gasteiger partial charge in [0.05, 0.1) is 0 Å². The summed E-state index contributed by atoms with van der Waals surface area (Å²) in [6.45, 7) is 10.1. The second kappa shape index (κ2) is 5.84. The topological polar surface area (TPSA) is 49.4 Å². The largest absolute Gasteiger partial charge is 0.344 e. The lowest BCUT2D eigenvalue weighted by molar-refractivity contribution is -0.135. The number of rotatable bonds is 4. The Morgan fingerprint density at radius 3 is 2.71 bits per heavy atom. The minimum atomic E-state index is -0.391. The molecule has 1 aliphatic rings. The normalized spacial score (nSPS) is 24.9. The second-order valence-corrected chi connectivity index (χ2v) is 4.69. The lowest BCUT2D eigenvalue weighted by Gasteiger charge is -2.30. The van der Waals surface area contributed by atoms with Gasteiger partial charge >= 0.3 is 0 Å². The molecule has 1 fully saturated rings. The zero-order chi connectivity index (χ0) is 13.0. The van der Waals surface area contributed by atoms with Crippen LogP contribution in [0.3, 0.4) is 0 Å². The van der Waals surface area contributed by atoms with E-state index in [0.717, 1.165) is 6.42 Å². The Kier molecular flexibility index (Phi) is 4.73. The minimum absolute atomic E-state index is 0.0117. The van der Waals surface area contributed by atoms with Crippen molar-refractivity contribution in [1.29, 1.82) is 0 Å². The van der Waals surface area contributed by atoms with Gasteiger partial charge in [0.25, 0.3) is 0 Å². The molecule has 2 amide bonds. The Morgan fingerprint density at radius 1 is 1.53 bits per heavy atom. The van der Waals surface area contributed by atoms with Crippen molar-refractivity contribution in [2.45, 2.75) is 45.7 Å². The molecule has 3 atom stereocenters. The average Bonchev–Trinajstić information content (AvgIpc) is 2.47. The summed E-state index contributed by atoms with van der Waals surface area (Å²) >= 11 is 0. The number of carbonyl (C=O) groups excluding carboxylic acids is 2. The second-order valence-electron chi connectivity index (χ2n) is 4.69. The van der Waals surface area contributed by atoms with Gasteiger partial charge in [-0.1, -0.05) is 26.3 Å². The van der Waals surface area contributed by atoms with Crippen molar-refractivity contribution < 1.29 is 9.59 Å². The van der Waals surface area contributed by atoms with Gasteiger partial charge in [-0.15, -0.1) is 6.58 Å². The maximum atomic E-state index is 12.4. The number of carbonyl (C=O) groups is 2. The fourth-order valence-corrected chi connectivity index (χ4v) is 1.97. The van der Waals surface area contributed by atoms with E-state index >= 15 is 0 Å². The van der Waals surface area contributed by atoms with Crippen molar-refractivity contribution in [3.8, 4) is 0 Å². The van der Waals surface area contributed by atoms with E-state index in [1.807, 2.05) is 20.8 Å². The molecule has 0 aromatic rings. The number of amides is 2. The molecule has 0 spiro atoms.